The zero-order valence-corrected chi connectivity index (χ0v) is 26.4. The third kappa shape index (κ3) is 6.55. The van der Waals surface area contributed by atoms with Gasteiger partial charge >= 0.3 is 0 Å². The number of rotatable bonds is 8. The van der Waals surface area contributed by atoms with Gasteiger partial charge in [-0.3, -0.25) is 0 Å². The Morgan fingerprint density at radius 3 is 1.39 bits per heavy atom. The van der Waals surface area contributed by atoms with Crippen LogP contribution in [0.3, 0.4) is 0 Å². The van der Waals surface area contributed by atoms with Crippen molar-refractivity contribution in [2.45, 2.75) is 0 Å². The smallest absolute Gasteiger partial charge is 0.0470 e. The normalized spacial score (nSPS) is 10.8. The van der Waals surface area contributed by atoms with Crippen molar-refractivity contribution in [3.8, 4) is 44.5 Å². The number of hydrogen-bond acceptors (Lipinski definition) is 2. The molecular weight excluding hydrogens is 603 g/mol. The number of hydrogen-bond donors (Lipinski definition) is 2. The van der Waals surface area contributed by atoms with Crippen molar-refractivity contribution in [1.82, 2.24) is 0 Å². The largest absolute Gasteiger partial charge is 0.355 e. The lowest BCUT2D eigenvalue weighted by Gasteiger charge is -2.21. The fourth-order valence-electron chi connectivity index (χ4n) is 5.80. The van der Waals surface area contributed by atoms with Crippen LogP contribution in [0.1, 0.15) is 0 Å². The van der Waals surface area contributed by atoms with Gasteiger partial charge in [-0.2, -0.15) is 0 Å². The summed E-state index contributed by atoms with van der Waals surface area (Å²) in [5.74, 6) is 0. The molecule has 0 amide bonds. The van der Waals surface area contributed by atoms with Crippen molar-refractivity contribution in [3.63, 3.8) is 0 Å². The van der Waals surface area contributed by atoms with Gasteiger partial charge < -0.3 is 10.6 Å². The lowest BCUT2D eigenvalue weighted by Crippen LogP contribution is -1.98. The second-order valence-corrected chi connectivity index (χ2v) is 11.9. The van der Waals surface area contributed by atoms with Crippen LogP contribution in [0.4, 0.5) is 22.7 Å². The van der Waals surface area contributed by atoms with E-state index in [9.17, 15) is 0 Å². The molecule has 0 aromatic heterocycles. The van der Waals surface area contributed by atoms with Crippen molar-refractivity contribution in [2.24, 2.45) is 0 Å². The Morgan fingerprint density at radius 1 is 0.326 bits per heavy atom. The second-order valence-electron chi connectivity index (χ2n) is 11.1. The zero-order chi connectivity index (χ0) is 31.3. The maximum Gasteiger partial charge on any atom is 0.0470 e. The molecule has 0 saturated heterocycles. The molecule has 0 atom stereocenters. The van der Waals surface area contributed by atoms with E-state index >= 15 is 0 Å². The monoisotopic (exact) mass is 632 g/mol. The molecule has 7 rings (SSSR count). The Morgan fingerprint density at radius 2 is 0.826 bits per heavy atom. The first-order valence-electron chi connectivity index (χ1n) is 15.1. The molecule has 0 fully saturated rings. The van der Waals surface area contributed by atoms with Gasteiger partial charge in [0.25, 0.3) is 0 Å². The van der Waals surface area contributed by atoms with Crippen molar-refractivity contribution in [1.29, 1.82) is 0 Å². The molecule has 2 N–H and O–H groups in total. The third-order valence-corrected chi connectivity index (χ3v) is 8.43. The van der Waals surface area contributed by atoms with Gasteiger partial charge in [0, 0.05) is 38.4 Å². The van der Waals surface area contributed by atoms with Crippen molar-refractivity contribution in [2.75, 3.05) is 10.6 Å². The molecule has 0 radical (unpaired) electrons. The van der Waals surface area contributed by atoms with Gasteiger partial charge in [0.1, 0.15) is 0 Å². The van der Waals surface area contributed by atoms with Crippen LogP contribution < -0.4 is 10.6 Å². The van der Waals surface area contributed by atoms with Crippen molar-refractivity contribution in [3.05, 3.63) is 180 Å². The Balaban J connectivity index is 1.28. The van der Waals surface area contributed by atoms with Gasteiger partial charge in [0.15, 0.2) is 0 Å². The first-order chi connectivity index (χ1) is 22.6. The highest BCUT2D eigenvalue weighted by Crippen LogP contribution is 2.45. The first-order valence-corrected chi connectivity index (χ1v) is 15.9. The lowest BCUT2D eigenvalue weighted by molar-refractivity contribution is 1.51. The summed E-state index contributed by atoms with van der Waals surface area (Å²) in [4.78, 5) is 0. The lowest BCUT2D eigenvalue weighted by atomic mass is 9.86. The van der Waals surface area contributed by atoms with E-state index in [1.807, 2.05) is 48.5 Å². The topological polar surface area (TPSA) is 24.1 Å². The third-order valence-electron chi connectivity index (χ3n) is 7.96. The molecule has 0 spiro atoms. The van der Waals surface area contributed by atoms with Gasteiger partial charge in [-0.1, -0.05) is 138 Å². The molecule has 0 aliphatic carbocycles. The standard InChI is InChI=1S/C42H30Cl2N2/c43-34-13-7-15-37(27-34)45-36-23-21-30(22-24-36)29-17-19-31(20-18-29)39-25-26-40(46-38-16-8-14-35(44)28-38)42(33-11-5-2-6-12-33)41(39)32-9-3-1-4-10-32/h1-28,45-46H. The minimum absolute atomic E-state index is 0.693. The maximum absolute atomic E-state index is 6.36. The Hall–Kier alpha value is -5.28. The minimum atomic E-state index is 0.693. The SMILES string of the molecule is Clc1cccc(Nc2ccc(-c3ccc(-c4ccc(Nc5cccc(Cl)c5)c(-c5ccccc5)c4-c4ccccc4)cc3)cc2)c1. The maximum atomic E-state index is 6.36. The fourth-order valence-corrected chi connectivity index (χ4v) is 6.18. The molecule has 0 saturated carbocycles. The second kappa shape index (κ2) is 13.4. The van der Waals surface area contributed by atoms with Gasteiger partial charge in [-0.15, -0.1) is 0 Å². The van der Waals surface area contributed by atoms with E-state index in [-0.39, 0.29) is 0 Å². The van der Waals surface area contributed by atoms with E-state index in [0.29, 0.717) is 10.0 Å². The predicted octanol–water partition coefficient (Wildman–Crippen LogP) is 13.1. The van der Waals surface area contributed by atoms with Gasteiger partial charge in [0.2, 0.25) is 0 Å². The molecule has 0 aliphatic rings. The predicted molar refractivity (Wildman–Crippen MR) is 198 cm³/mol. The number of benzene rings is 7. The molecular formula is C42H30Cl2N2. The molecule has 222 valence electrons. The molecule has 2 nitrogen and oxygen atoms in total. The van der Waals surface area contributed by atoms with Crippen LogP contribution in [-0.2, 0) is 0 Å². The summed E-state index contributed by atoms with van der Waals surface area (Å²) in [6.07, 6.45) is 0. The van der Waals surface area contributed by atoms with E-state index in [1.165, 1.54) is 5.56 Å². The van der Waals surface area contributed by atoms with E-state index in [4.69, 9.17) is 23.2 Å². The van der Waals surface area contributed by atoms with Gasteiger partial charge in [-0.25, -0.2) is 0 Å². The summed E-state index contributed by atoms with van der Waals surface area (Å²) < 4.78 is 0. The summed E-state index contributed by atoms with van der Waals surface area (Å²) in [6, 6.07) is 58.4. The summed E-state index contributed by atoms with van der Waals surface area (Å²) in [5, 5.41) is 8.48. The van der Waals surface area contributed by atoms with Crippen LogP contribution in [0.25, 0.3) is 44.5 Å². The minimum Gasteiger partial charge on any atom is -0.355 e. The Labute approximate surface area is 279 Å². The van der Waals surface area contributed by atoms with Crippen LogP contribution in [0, 0.1) is 0 Å². The van der Waals surface area contributed by atoms with E-state index < -0.39 is 0 Å². The molecule has 4 heteroatoms. The molecule has 7 aromatic rings. The molecule has 7 aromatic carbocycles. The summed E-state index contributed by atoms with van der Waals surface area (Å²) >= 11 is 12.5. The van der Waals surface area contributed by atoms with E-state index in [2.05, 4.69) is 132 Å². The van der Waals surface area contributed by atoms with Crippen molar-refractivity contribution >= 4 is 46.0 Å². The fraction of sp³-hybridized carbons (Fsp3) is 0. The zero-order valence-electron chi connectivity index (χ0n) is 24.9. The molecule has 46 heavy (non-hydrogen) atoms. The van der Waals surface area contributed by atoms with E-state index in [1.54, 1.807) is 0 Å². The Bertz CT molecular complexity index is 2090. The quantitative estimate of drug-likeness (QED) is 0.174. The summed E-state index contributed by atoms with van der Waals surface area (Å²) in [5.41, 5.74) is 13.1. The number of halogens is 2. The van der Waals surface area contributed by atoms with Gasteiger partial charge in [0.05, 0.1) is 0 Å². The van der Waals surface area contributed by atoms with Crippen LogP contribution in [0.15, 0.2) is 170 Å². The molecule has 0 unspecified atom stereocenters. The molecule has 0 heterocycles. The highest BCUT2D eigenvalue weighted by molar-refractivity contribution is 6.31. The summed E-state index contributed by atoms with van der Waals surface area (Å²) in [7, 11) is 0. The summed E-state index contributed by atoms with van der Waals surface area (Å²) in [6.45, 7) is 0. The molecule has 0 aliphatic heterocycles. The number of anilines is 4. The number of nitrogens with one attached hydrogen (secondary N) is 2. The Kier molecular flexibility index (Phi) is 8.56. The average Bonchev–Trinajstić information content (AvgIpc) is 3.09. The van der Waals surface area contributed by atoms with Crippen LogP contribution in [0.2, 0.25) is 10.0 Å². The van der Waals surface area contributed by atoms with Crippen molar-refractivity contribution < 1.29 is 0 Å². The van der Waals surface area contributed by atoms with Gasteiger partial charge in [-0.05, 0) is 93.5 Å². The highest BCUT2D eigenvalue weighted by atomic mass is 35.5. The highest BCUT2D eigenvalue weighted by Gasteiger charge is 2.18. The first kappa shape index (κ1) is 29.4. The van der Waals surface area contributed by atoms with Crippen LogP contribution >= 0.6 is 23.2 Å². The van der Waals surface area contributed by atoms with Crippen LogP contribution in [0.5, 0.6) is 0 Å². The van der Waals surface area contributed by atoms with E-state index in [0.717, 1.165) is 61.7 Å². The average molecular weight is 634 g/mol. The molecule has 0 bridgehead atoms. The van der Waals surface area contributed by atoms with Crippen LogP contribution in [-0.4, -0.2) is 0 Å².